The number of benzene rings is 1. The van der Waals surface area contributed by atoms with Crippen LogP contribution in [0, 0.1) is 0 Å². The third kappa shape index (κ3) is 4.40. The van der Waals surface area contributed by atoms with Gasteiger partial charge >= 0.3 is 0 Å². The summed E-state index contributed by atoms with van der Waals surface area (Å²) in [4.78, 5) is 0. The van der Waals surface area contributed by atoms with E-state index in [1.807, 2.05) is 24.3 Å². The number of alkyl halides is 1. The Balaban J connectivity index is 1.86. The third-order valence-corrected chi connectivity index (χ3v) is 3.50. The van der Waals surface area contributed by atoms with Crippen LogP contribution >= 0.6 is 0 Å². The van der Waals surface area contributed by atoms with Crippen molar-refractivity contribution in [2.75, 3.05) is 20.3 Å². The Morgan fingerprint density at radius 2 is 1.90 bits per heavy atom. The molecule has 2 atom stereocenters. The predicted molar refractivity (Wildman–Crippen MR) is 77.1 cm³/mol. The largest absolute Gasteiger partial charge is 0.497 e. The van der Waals surface area contributed by atoms with Crippen LogP contribution in [0.25, 0.3) is 0 Å². The fraction of sp³-hybridized carbons (Fsp3) is 0.625. The summed E-state index contributed by atoms with van der Waals surface area (Å²) in [6.45, 7) is 5.63. The minimum atomic E-state index is -1.55. The SMILES string of the molecule is COc1ccc(COC[C@H]2OC(C)(C)OC[C@]2(C)F)cc1. The highest BCUT2D eigenvalue weighted by Crippen LogP contribution is 2.32. The molecule has 118 valence electrons. The van der Waals surface area contributed by atoms with E-state index < -0.39 is 17.6 Å². The Hall–Kier alpha value is -1.17. The molecule has 21 heavy (non-hydrogen) atoms. The van der Waals surface area contributed by atoms with Crippen LogP contribution in [-0.2, 0) is 20.8 Å². The summed E-state index contributed by atoms with van der Waals surface area (Å²) in [5.41, 5.74) is -0.544. The predicted octanol–water partition coefficient (Wildman–Crippen LogP) is 3.09. The fourth-order valence-corrected chi connectivity index (χ4v) is 2.12. The van der Waals surface area contributed by atoms with Gasteiger partial charge in [-0.1, -0.05) is 12.1 Å². The van der Waals surface area contributed by atoms with Crippen molar-refractivity contribution in [3.8, 4) is 5.75 Å². The van der Waals surface area contributed by atoms with Crippen molar-refractivity contribution in [2.45, 2.75) is 44.9 Å². The molecule has 0 bridgehead atoms. The molecule has 4 nitrogen and oxygen atoms in total. The summed E-state index contributed by atoms with van der Waals surface area (Å²) < 4.78 is 36.0. The molecule has 1 fully saturated rings. The minimum Gasteiger partial charge on any atom is -0.497 e. The summed E-state index contributed by atoms with van der Waals surface area (Å²) in [5.74, 6) is 0.0179. The van der Waals surface area contributed by atoms with Crippen molar-refractivity contribution in [3.05, 3.63) is 29.8 Å². The van der Waals surface area contributed by atoms with Gasteiger partial charge in [0.15, 0.2) is 11.5 Å². The van der Waals surface area contributed by atoms with E-state index in [0.29, 0.717) is 6.61 Å². The van der Waals surface area contributed by atoms with Crippen molar-refractivity contribution >= 4 is 0 Å². The summed E-state index contributed by atoms with van der Waals surface area (Å²) in [6, 6.07) is 7.57. The molecular formula is C16H23FO4. The highest BCUT2D eigenvalue weighted by Gasteiger charge is 2.45. The van der Waals surface area contributed by atoms with Gasteiger partial charge in [0, 0.05) is 0 Å². The van der Waals surface area contributed by atoms with Crippen molar-refractivity contribution in [1.29, 1.82) is 0 Å². The van der Waals surface area contributed by atoms with Gasteiger partial charge in [-0.3, -0.25) is 0 Å². The van der Waals surface area contributed by atoms with Crippen LogP contribution in [0.4, 0.5) is 4.39 Å². The maximum absolute atomic E-state index is 14.4. The van der Waals surface area contributed by atoms with Crippen molar-refractivity contribution in [2.24, 2.45) is 0 Å². The second-order valence-corrected chi connectivity index (χ2v) is 5.94. The number of ether oxygens (including phenoxy) is 4. The van der Waals surface area contributed by atoms with Gasteiger partial charge in [0.25, 0.3) is 0 Å². The third-order valence-electron chi connectivity index (χ3n) is 3.50. The second-order valence-electron chi connectivity index (χ2n) is 5.94. The first-order valence-corrected chi connectivity index (χ1v) is 7.04. The first kappa shape index (κ1) is 16.2. The number of halogens is 1. The van der Waals surface area contributed by atoms with Crippen LogP contribution in [0.1, 0.15) is 26.3 Å². The molecule has 2 rings (SSSR count). The molecule has 0 radical (unpaired) electrons. The summed E-state index contributed by atoms with van der Waals surface area (Å²) >= 11 is 0. The zero-order valence-corrected chi connectivity index (χ0v) is 13.0. The van der Waals surface area contributed by atoms with Gasteiger partial charge in [0.05, 0.1) is 26.9 Å². The zero-order valence-electron chi connectivity index (χ0n) is 13.0. The average Bonchev–Trinajstić information content (AvgIpc) is 2.44. The molecule has 0 unspecified atom stereocenters. The quantitative estimate of drug-likeness (QED) is 0.837. The van der Waals surface area contributed by atoms with Gasteiger partial charge in [-0.2, -0.15) is 0 Å². The molecule has 0 aliphatic carbocycles. The Kier molecular flexibility index (Phi) is 4.86. The zero-order chi connectivity index (χ0) is 15.5. The Labute approximate surface area is 125 Å². The first-order chi connectivity index (χ1) is 9.82. The molecule has 0 spiro atoms. The number of methoxy groups -OCH3 is 1. The topological polar surface area (TPSA) is 36.9 Å². The van der Waals surface area contributed by atoms with E-state index in [9.17, 15) is 4.39 Å². The van der Waals surface area contributed by atoms with Gasteiger partial charge in [-0.15, -0.1) is 0 Å². The van der Waals surface area contributed by atoms with Gasteiger partial charge in [-0.25, -0.2) is 4.39 Å². The molecule has 0 amide bonds. The minimum absolute atomic E-state index is 0.0105. The van der Waals surface area contributed by atoms with Crippen LogP contribution in [0.5, 0.6) is 5.75 Å². The van der Waals surface area contributed by atoms with E-state index in [4.69, 9.17) is 18.9 Å². The lowest BCUT2D eigenvalue weighted by molar-refractivity contribution is -0.322. The lowest BCUT2D eigenvalue weighted by Gasteiger charge is -2.43. The van der Waals surface area contributed by atoms with E-state index in [0.717, 1.165) is 11.3 Å². The average molecular weight is 298 g/mol. The molecule has 1 aliphatic rings. The molecule has 1 aromatic rings. The van der Waals surface area contributed by atoms with Crippen molar-refractivity contribution < 1.29 is 23.3 Å². The summed E-state index contributed by atoms with van der Waals surface area (Å²) in [6.07, 6.45) is -0.639. The maximum atomic E-state index is 14.4. The summed E-state index contributed by atoms with van der Waals surface area (Å²) in [5, 5.41) is 0. The fourth-order valence-electron chi connectivity index (χ4n) is 2.12. The molecule has 0 aromatic heterocycles. The van der Waals surface area contributed by atoms with Crippen LogP contribution in [0.2, 0.25) is 0 Å². The Morgan fingerprint density at radius 1 is 1.24 bits per heavy atom. The standard InChI is InChI=1S/C16H23FO4/c1-15(2)20-11-16(3,17)14(21-15)10-19-9-12-5-7-13(18-4)8-6-12/h5-8,14H,9-11H2,1-4H3/t14-,16+/m1/s1. The monoisotopic (exact) mass is 298 g/mol. The van der Waals surface area contributed by atoms with Crippen LogP contribution in [0.15, 0.2) is 24.3 Å². The smallest absolute Gasteiger partial charge is 0.163 e. The lowest BCUT2D eigenvalue weighted by atomic mass is 10.0. The van der Waals surface area contributed by atoms with Crippen LogP contribution in [0.3, 0.4) is 0 Å². The van der Waals surface area contributed by atoms with Gasteiger partial charge in [0.1, 0.15) is 11.9 Å². The Bertz CT molecular complexity index is 456. The highest BCUT2D eigenvalue weighted by molar-refractivity contribution is 5.26. The molecule has 1 saturated heterocycles. The van der Waals surface area contributed by atoms with Gasteiger partial charge in [-0.05, 0) is 38.5 Å². The van der Waals surface area contributed by atoms with Crippen LogP contribution in [-0.4, -0.2) is 37.9 Å². The van der Waals surface area contributed by atoms with E-state index in [2.05, 4.69) is 0 Å². The van der Waals surface area contributed by atoms with E-state index in [-0.39, 0.29) is 13.2 Å². The van der Waals surface area contributed by atoms with Crippen molar-refractivity contribution in [1.82, 2.24) is 0 Å². The number of hydrogen-bond acceptors (Lipinski definition) is 4. The normalized spacial score (nSPS) is 28.3. The lowest BCUT2D eigenvalue weighted by Crippen LogP contribution is -2.55. The molecule has 1 heterocycles. The molecule has 1 aromatic carbocycles. The first-order valence-electron chi connectivity index (χ1n) is 7.04. The second kappa shape index (κ2) is 6.30. The molecule has 0 saturated carbocycles. The molecular weight excluding hydrogens is 275 g/mol. The van der Waals surface area contributed by atoms with Gasteiger partial charge in [0.2, 0.25) is 0 Å². The number of rotatable bonds is 5. The maximum Gasteiger partial charge on any atom is 0.163 e. The molecule has 1 aliphatic heterocycles. The van der Waals surface area contributed by atoms with Crippen LogP contribution < -0.4 is 4.74 Å². The van der Waals surface area contributed by atoms with Gasteiger partial charge < -0.3 is 18.9 Å². The Morgan fingerprint density at radius 3 is 2.52 bits per heavy atom. The molecule has 0 N–H and O–H groups in total. The highest BCUT2D eigenvalue weighted by atomic mass is 19.1. The van der Waals surface area contributed by atoms with E-state index in [1.54, 1.807) is 21.0 Å². The molecule has 5 heteroatoms. The summed E-state index contributed by atoms with van der Waals surface area (Å²) in [7, 11) is 1.62. The van der Waals surface area contributed by atoms with E-state index in [1.165, 1.54) is 6.92 Å². The van der Waals surface area contributed by atoms with Crippen molar-refractivity contribution in [3.63, 3.8) is 0 Å². The number of hydrogen-bond donors (Lipinski definition) is 0. The van der Waals surface area contributed by atoms with E-state index >= 15 is 0 Å².